The first kappa shape index (κ1) is 11.5. The standard InChI is InChI=1S/C6H5NO3S2.Ca.2H/c1-3-2-4-5(8)7-12(9,10)6(4)11-3;;;/h2H,1H3,(H,7,8);;;. The summed E-state index contributed by atoms with van der Waals surface area (Å²) in [4.78, 5) is 11.8. The first-order chi connectivity index (χ1) is 5.50. The fourth-order valence-electron chi connectivity index (χ4n) is 1.07. The number of amides is 1. The summed E-state index contributed by atoms with van der Waals surface area (Å²) in [5, 5.41) is 0. The van der Waals surface area contributed by atoms with Crippen LogP contribution in [0.25, 0.3) is 0 Å². The van der Waals surface area contributed by atoms with E-state index in [9.17, 15) is 13.2 Å². The van der Waals surface area contributed by atoms with Crippen molar-refractivity contribution in [1.29, 1.82) is 0 Å². The van der Waals surface area contributed by atoms with Crippen molar-refractivity contribution in [3.63, 3.8) is 0 Å². The minimum atomic E-state index is -3.51. The Hall–Kier alpha value is 0.380. The van der Waals surface area contributed by atoms with Crippen LogP contribution in [0.15, 0.2) is 10.3 Å². The van der Waals surface area contributed by atoms with Crippen LogP contribution in [0, 0.1) is 6.92 Å². The quantitative estimate of drug-likeness (QED) is 0.631. The molecule has 0 atom stereocenters. The Morgan fingerprint density at radius 1 is 1.46 bits per heavy atom. The Labute approximate surface area is 109 Å². The molecule has 0 aromatic carbocycles. The molecule has 1 N–H and O–H groups in total. The second-order valence-electron chi connectivity index (χ2n) is 2.49. The van der Waals surface area contributed by atoms with Crippen molar-refractivity contribution in [3.05, 3.63) is 16.5 Å². The fraction of sp³-hybridized carbons (Fsp3) is 0.167. The maximum absolute atomic E-state index is 11.2. The zero-order chi connectivity index (χ0) is 8.93. The molecule has 0 unspecified atom stereocenters. The number of thiophene rings is 1. The van der Waals surface area contributed by atoms with E-state index >= 15 is 0 Å². The number of rotatable bonds is 0. The molecule has 13 heavy (non-hydrogen) atoms. The van der Waals surface area contributed by atoms with Crippen molar-refractivity contribution in [2.75, 3.05) is 0 Å². The maximum atomic E-state index is 11.2. The fourth-order valence-corrected chi connectivity index (χ4v) is 3.65. The van der Waals surface area contributed by atoms with Crippen LogP contribution in [0.4, 0.5) is 0 Å². The van der Waals surface area contributed by atoms with E-state index in [2.05, 4.69) is 0 Å². The van der Waals surface area contributed by atoms with Gasteiger partial charge in [0.25, 0.3) is 15.9 Å². The van der Waals surface area contributed by atoms with Gasteiger partial charge in [-0.1, -0.05) is 0 Å². The van der Waals surface area contributed by atoms with Crippen molar-refractivity contribution >= 4 is 65.0 Å². The summed E-state index contributed by atoms with van der Waals surface area (Å²) in [5.74, 6) is -0.519. The van der Waals surface area contributed by atoms with E-state index in [0.717, 1.165) is 16.2 Å². The summed E-state index contributed by atoms with van der Waals surface area (Å²) < 4.78 is 24.4. The molecule has 0 saturated carbocycles. The molecule has 0 fully saturated rings. The molecular weight excluding hydrogens is 238 g/mol. The zero-order valence-electron chi connectivity index (χ0n) is 6.12. The van der Waals surface area contributed by atoms with Gasteiger partial charge in [0.1, 0.15) is 0 Å². The molecule has 68 valence electrons. The van der Waals surface area contributed by atoms with Gasteiger partial charge in [-0.05, 0) is 13.0 Å². The molecular formula is C6H7CaNO3S2. The number of carbonyl (C=O) groups excluding carboxylic acids is 1. The Morgan fingerprint density at radius 3 is 2.62 bits per heavy atom. The number of hydrogen-bond donors (Lipinski definition) is 1. The van der Waals surface area contributed by atoms with Crippen LogP contribution in [0.5, 0.6) is 0 Å². The third-order valence-electron chi connectivity index (χ3n) is 1.54. The molecule has 0 aliphatic carbocycles. The van der Waals surface area contributed by atoms with Gasteiger partial charge < -0.3 is 0 Å². The monoisotopic (exact) mass is 245 g/mol. The Bertz CT molecular complexity index is 462. The van der Waals surface area contributed by atoms with Gasteiger partial charge in [-0.25, -0.2) is 13.1 Å². The number of nitrogens with one attached hydrogen (secondary N) is 1. The normalized spacial score (nSPS) is 17.5. The van der Waals surface area contributed by atoms with Gasteiger partial charge in [0, 0.05) is 4.88 Å². The summed E-state index contributed by atoms with van der Waals surface area (Å²) >= 11 is 1.12. The first-order valence-electron chi connectivity index (χ1n) is 3.18. The molecule has 1 amide bonds. The Morgan fingerprint density at radius 2 is 2.08 bits per heavy atom. The topological polar surface area (TPSA) is 63.2 Å². The molecule has 0 spiro atoms. The molecule has 4 nitrogen and oxygen atoms in total. The zero-order valence-corrected chi connectivity index (χ0v) is 7.75. The van der Waals surface area contributed by atoms with E-state index < -0.39 is 15.9 Å². The number of fused-ring (bicyclic) bond motifs is 1. The summed E-state index contributed by atoms with van der Waals surface area (Å²) in [7, 11) is -3.51. The van der Waals surface area contributed by atoms with Crippen LogP contribution in [-0.2, 0) is 10.0 Å². The third kappa shape index (κ3) is 1.78. The SMILES string of the molecule is Cc1cc2c(s1)S(=O)(=O)NC2=O.[CaH2]. The molecule has 1 aromatic heterocycles. The average Bonchev–Trinajstić information content (AvgIpc) is 2.37. The van der Waals surface area contributed by atoms with Crippen LogP contribution in [0.2, 0.25) is 0 Å². The second-order valence-corrected chi connectivity index (χ2v) is 5.63. The Kier molecular flexibility index (Phi) is 3.09. The molecule has 2 rings (SSSR count). The summed E-state index contributed by atoms with van der Waals surface area (Å²) in [6, 6.07) is 1.58. The van der Waals surface area contributed by atoms with Crippen molar-refractivity contribution in [2.24, 2.45) is 0 Å². The van der Waals surface area contributed by atoms with Gasteiger partial charge in [-0.2, -0.15) is 0 Å². The van der Waals surface area contributed by atoms with Crippen LogP contribution in [0.1, 0.15) is 15.2 Å². The van der Waals surface area contributed by atoms with Crippen LogP contribution >= 0.6 is 11.3 Å². The van der Waals surface area contributed by atoms with E-state index in [0.29, 0.717) is 0 Å². The van der Waals surface area contributed by atoms with Crippen molar-refractivity contribution in [3.8, 4) is 0 Å². The van der Waals surface area contributed by atoms with E-state index in [-0.39, 0.29) is 47.5 Å². The van der Waals surface area contributed by atoms with Crippen molar-refractivity contribution in [2.45, 2.75) is 11.1 Å². The van der Waals surface area contributed by atoms with Gasteiger partial charge in [-0.3, -0.25) is 4.79 Å². The van der Waals surface area contributed by atoms with Crippen LogP contribution < -0.4 is 4.72 Å². The average molecular weight is 245 g/mol. The minimum absolute atomic E-state index is 0. The molecule has 0 bridgehead atoms. The number of hydrogen-bond acceptors (Lipinski definition) is 4. The summed E-state index contributed by atoms with van der Waals surface area (Å²) in [6.07, 6.45) is 0. The van der Waals surface area contributed by atoms with Gasteiger partial charge in [0.05, 0.1) is 5.56 Å². The van der Waals surface area contributed by atoms with E-state index in [1.165, 1.54) is 0 Å². The van der Waals surface area contributed by atoms with Crippen LogP contribution in [-0.4, -0.2) is 52.1 Å². The van der Waals surface area contributed by atoms with Gasteiger partial charge in [0.15, 0.2) is 4.21 Å². The van der Waals surface area contributed by atoms with Gasteiger partial charge >= 0.3 is 37.7 Å². The number of carbonyl (C=O) groups is 1. The van der Waals surface area contributed by atoms with E-state index in [1.54, 1.807) is 13.0 Å². The predicted octanol–water partition coefficient (Wildman–Crippen LogP) is -0.428. The van der Waals surface area contributed by atoms with Crippen LogP contribution in [0.3, 0.4) is 0 Å². The third-order valence-corrected chi connectivity index (χ3v) is 4.45. The van der Waals surface area contributed by atoms with Crippen molar-refractivity contribution in [1.82, 2.24) is 4.72 Å². The van der Waals surface area contributed by atoms with E-state index in [4.69, 9.17) is 0 Å². The molecule has 1 aromatic rings. The predicted molar refractivity (Wildman–Crippen MR) is 52.3 cm³/mol. The molecule has 2 heterocycles. The summed E-state index contributed by atoms with van der Waals surface area (Å²) in [5.41, 5.74) is 0.275. The molecule has 1 aliphatic heterocycles. The number of sulfonamides is 1. The molecule has 0 saturated heterocycles. The summed E-state index contributed by atoms with van der Waals surface area (Å²) in [6.45, 7) is 1.77. The molecule has 7 heteroatoms. The van der Waals surface area contributed by atoms with E-state index in [1.807, 2.05) is 4.72 Å². The number of aryl methyl sites for hydroxylation is 1. The molecule has 1 aliphatic rings. The van der Waals surface area contributed by atoms with Crippen molar-refractivity contribution < 1.29 is 13.2 Å². The van der Waals surface area contributed by atoms with Gasteiger partial charge in [0.2, 0.25) is 0 Å². The first-order valence-corrected chi connectivity index (χ1v) is 5.48. The second kappa shape index (κ2) is 3.51. The van der Waals surface area contributed by atoms with Gasteiger partial charge in [-0.15, -0.1) is 11.3 Å². The molecule has 0 radical (unpaired) electrons. The Balaban J connectivity index is 0.000000845.